The molecule has 0 amide bonds. The van der Waals surface area contributed by atoms with Crippen LogP contribution in [0.15, 0.2) is 41.1 Å². The molecule has 0 saturated carbocycles. The highest BCUT2D eigenvalue weighted by molar-refractivity contribution is 9.10. The maximum absolute atomic E-state index is 12.8. The third-order valence-corrected chi connectivity index (χ3v) is 2.13. The quantitative estimate of drug-likeness (QED) is 0.850. The first kappa shape index (κ1) is 10.0. The van der Waals surface area contributed by atoms with Crippen LogP contribution in [0.2, 0.25) is 0 Å². The molecule has 5 heteroatoms. The number of nitrogens with zero attached hydrogens (tertiary/aromatic N) is 2. The lowest BCUT2D eigenvalue weighted by atomic mass is 10.4. The summed E-state index contributed by atoms with van der Waals surface area (Å²) >= 11 is 3.29. The number of nitrogens with one attached hydrogen (secondary N) is 1. The molecular formula is C10H7BrFN3. The van der Waals surface area contributed by atoms with Gasteiger partial charge in [0.25, 0.3) is 0 Å². The third-order valence-electron chi connectivity index (χ3n) is 1.69. The van der Waals surface area contributed by atoms with Crippen molar-refractivity contribution in [2.24, 2.45) is 0 Å². The molecule has 0 atom stereocenters. The Labute approximate surface area is 94.5 Å². The zero-order valence-electron chi connectivity index (χ0n) is 7.61. The van der Waals surface area contributed by atoms with Crippen LogP contribution in [0.5, 0.6) is 0 Å². The number of anilines is 2. The minimum atomic E-state index is -0.511. The summed E-state index contributed by atoms with van der Waals surface area (Å²) in [5.74, 6) is -0.0575. The summed E-state index contributed by atoms with van der Waals surface area (Å²) in [6.45, 7) is 0. The van der Waals surface area contributed by atoms with Gasteiger partial charge < -0.3 is 5.32 Å². The highest BCUT2D eigenvalue weighted by Crippen LogP contribution is 2.17. The van der Waals surface area contributed by atoms with Gasteiger partial charge in [-0.2, -0.15) is 4.39 Å². The average molecular weight is 268 g/mol. The van der Waals surface area contributed by atoms with Gasteiger partial charge in [-0.3, -0.25) is 4.98 Å². The Morgan fingerprint density at radius 2 is 2.13 bits per heavy atom. The third kappa shape index (κ3) is 2.73. The van der Waals surface area contributed by atoms with Crippen LogP contribution in [-0.4, -0.2) is 9.97 Å². The van der Waals surface area contributed by atoms with Crippen LogP contribution in [0.3, 0.4) is 0 Å². The molecule has 0 aliphatic carbocycles. The van der Waals surface area contributed by atoms with Gasteiger partial charge in [0.15, 0.2) is 0 Å². The van der Waals surface area contributed by atoms with Gasteiger partial charge in [0.05, 0.1) is 11.9 Å². The van der Waals surface area contributed by atoms with Crippen LogP contribution in [0.4, 0.5) is 15.9 Å². The van der Waals surface area contributed by atoms with Gasteiger partial charge in [0.1, 0.15) is 5.82 Å². The summed E-state index contributed by atoms with van der Waals surface area (Å²) in [7, 11) is 0. The Hall–Kier alpha value is -1.49. The molecule has 0 unspecified atom stereocenters. The lowest BCUT2D eigenvalue weighted by Crippen LogP contribution is -1.95. The molecule has 2 aromatic heterocycles. The predicted octanol–water partition coefficient (Wildman–Crippen LogP) is 3.12. The predicted molar refractivity (Wildman–Crippen MR) is 59.4 cm³/mol. The van der Waals surface area contributed by atoms with Crippen molar-refractivity contribution >= 4 is 27.4 Å². The molecule has 76 valence electrons. The maximum atomic E-state index is 12.8. The van der Waals surface area contributed by atoms with Gasteiger partial charge >= 0.3 is 0 Å². The molecule has 0 spiro atoms. The highest BCUT2D eigenvalue weighted by atomic mass is 79.9. The van der Waals surface area contributed by atoms with E-state index in [0.29, 0.717) is 5.82 Å². The summed E-state index contributed by atoms with van der Waals surface area (Å²) < 4.78 is 13.6. The molecule has 0 bridgehead atoms. The fourth-order valence-electron chi connectivity index (χ4n) is 1.11. The van der Waals surface area contributed by atoms with Crippen molar-refractivity contribution in [3.05, 3.63) is 47.1 Å². The van der Waals surface area contributed by atoms with Crippen molar-refractivity contribution in [1.29, 1.82) is 0 Å². The summed E-state index contributed by atoms with van der Waals surface area (Å²) in [5, 5.41) is 2.94. The van der Waals surface area contributed by atoms with Crippen molar-refractivity contribution < 1.29 is 4.39 Å². The zero-order chi connectivity index (χ0) is 10.7. The van der Waals surface area contributed by atoms with Gasteiger partial charge in [0, 0.05) is 10.7 Å². The van der Waals surface area contributed by atoms with E-state index >= 15 is 0 Å². The number of rotatable bonds is 2. The fourth-order valence-corrected chi connectivity index (χ4v) is 1.47. The van der Waals surface area contributed by atoms with Crippen LogP contribution in [-0.2, 0) is 0 Å². The molecular weight excluding hydrogens is 261 g/mol. The van der Waals surface area contributed by atoms with E-state index in [1.807, 2.05) is 6.07 Å². The topological polar surface area (TPSA) is 37.8 Å². The lowest BCUT2D eigenvalue weighted by molar-refractivity contribution is 0.585. The molecule has 3 nitrogen and oxygen atoms in total. The molecule has 0 saturated heterocycles. The Balaban J connectivity index is 2.22. The number of aromatic nitrogens is 2. The Morgan fingerprint density at radius 3 is 2.87 bits per heavy atom. The highest BCUT2D eigenvalue weighted by Gasteiger charge is 1.98. The van der Waals surface area contributed by atoms with E-state index < -0.39 is 5.95 Å². The minimum absolute atomic E-state index is 0.454. The van der Waals surface area contributed by atoms with E-state index in [1.54, 1.807) is 24.5 Å². The smallest absolute Gasteiger partial charge is 0.214 e. The van der Waals surface area contributed by atoms with E-state index in [0.717, 1.165) is 10.2 Å². The summed E-state index contributed by atoms with van der Waals surface area (Å²) in [6.07, 6.45) is 3.31. The summed E-state index contributed by atoms with van der Waals surface area (Å²) in [5.41, 5.74) is 0.752. The molecule has 0 fully saturated rings. The van der Waals surface area contributed by atoms with Crippen molar-refractivity contribution in [1.82, 2.24) is 9.97 Å². The van der Waals surface area contributed by atoms with Crippen molar-refractivity contribution in [3.63, 3.8) is 0 Å². The van der Waals surface area contributed by atoms with E-state index in [-0.39, 0.29) is 0 Å². The first-order valence-electron chi connectivity index (χ1n) is 4.24. The number of pyridine rings is 2. The first-order chi connectivity index (χ1) is 7.24. The van der Waals surface area contributed by atoms with Crippen LogP contribution < -0.4 is 5.32 Å². The molecule has 0 radical (unpaired) electrons. The molecule has 2 rings (SSSR count). The summed E-state index contributed by atoms with van der Waals surface area (Å²) in [6, 6.07) is 6.41. The minimum Gasteiger partial charge on any atom is -0.339 e. The van der Waals surface area contributed by atoms with Gasteiger partial charge in [-0.25, -0.2) is 4.98 Å². The lowest BCUT2D eigenvalue weighted by Gasteiger charge is -2.04. The monoisotopic (exact) mass is 267 g/mol. The van der Waals surface area contributed by atoms with E-state index in [1.165, 1.54) is 6.07 Å². The van der Waals surface area contributed by atoms with Crippen LogP contribution in [0, 0.1) is 5.95 Å². The Bertz CT molecular complexity index is 432. The van der Waals surface area contributed by atoms with Gasteiger partial charge in [0.2, 0.25) is 5.95 Å². The second-order valence-corrected chi connectivity index (χ2v) is 3.78. The van der Waals surface area contributed by atoms with Gasteiger partial charge in [-0.1, -0.05) is 6.07 Å². The summed E-state index contributed by atoms with van der Waals surface area (Å²) in [4.78, 5) is 7.65. The molecule has 1 N–H and O–H groups in total. The molecule has 2 heterocycles. The number of halogens is 2. The molecule has 0 aromatic carbocycles. The van der Waals surface area contributed by atoms with E-state index in [9.17, 15) is 4.39 Å². The maximum Gasteiger partial charge on any atom is 0.214 e. The molecule has 15 heavy (non-hydrogen) atoms. The van der Waals surface area contributed by atoms with Crippen LogP contribution in [0.25, 0.3) is 0 Å². The molecule has 2 aromatic rings. The Kier molecular flexibility index (Phi) is 2.91. The number of hydrogen-bond donors (Lipinski definition) is 1. The van der Waals surface area contributed by atoms with Crippen molar-refractivity contribution in [3.8, 4) is 0 Å². The van der Waals surface area contributed by atoms with E-state index in [4.69, 9.17) is 0 Å². The largest absolute Gasteiger partial charge is 0.339 e. The molecule has 0 aliphatic heterocycles. The standard InChI is InChI=1S/C10H7BrFN3/c11-7-4-8(6-13-5-7)14-10-3-1-2-9(12)15-10/h1-6H,(H,14,15). The van der Waals surface area contributed by atoms with Gasteiger partial charge in [-0.05, 0) is 34.1 Å². The van der Waals surface area contributed by atoms with Crippen LogP contribution in [0.1, 0.15) is 0 Å². The van der Waals surface area contributed by atoms with Crippen molar-refractivity contribution in [2.75, 3.05) is 5.32 Å². The van der Waals surface area contributed by atoms with E-state index in [2.05, 4.69) is 31.2 Å². The number of hydrogen-bond acceptors (Lipinski definition) is 3. The van der Waals surface area contributed by atoms with Crippen molar-refractivity contribution in [2.45, 2.75) is 0 Å². The second-order valence-electron chi connectivity index (χ2n) is 2.86. The second kappa shape index (κ2) is 4.35. The normalized spacial score (nSPS) is 10.0. The molecule has 0 aliphatic rings. The average Bonchev–Trinajstić information content (AvgIpc) is 2.17. The van der Waals surface area contributed by atoms with Gasteiger partial charge in [-0.15, -0.1) is 0 Å². The SMILES string of the molecule is Fc1cccc(Nc2cncc(Br)c2)n1. The first-order valence-corrected chi connectivity index (χ1v) is 5.03. The Morgan fingerprint density at radius 1 is 1.27 bits per heavy atom. The van der Waals surface area contributed by atoms with Crippen LogP contribution >= 0.6 is 15.9 Å². The fraction of sp³-hybridized carbons (Fsp3) is 0. The zero-order valence-corrected chi connectivity index (χ0v) is 9.20.